The van der Waals surface area contributed by atoms with Gasteiger partial charge in [0.1, 0.15) is 0 Å². The summed E-state index contributed by atoms with van der Waals surface area (Å²) in [5, 5.41) is 2.12. The van der Waals surface area contributed by atoms with Crippen molar-refractivity contribution in [3.8, 4) is 39.0 Å². The summed E-state index contributed by atoms with van der Waals surface area (Å²) in [5.74, 6) is 0. The molecule has 0 aliphatic carbocycles. The molecule has 0 aromatic carbocycles. The van der Waals surface area contributed by atoms with Gasteiger partial charge in [0.2, 0.25) is 0 Å². The molecule has 0 amide bonds. The third-order valence-corrected chi connectivity index (χ3v) is 10.9. The second-order valence-corrected chi connectivity index (χ2v) is 12.3. The van der Waals surface area contributed by atoms with Gasteiger partial charge in [-0.1, -0.05) is 19.9 Å². The number of thiophene rings is 5. The molecule has 0 spiro atoms. The van der Waals surface area contributed by atoms with Gasteiger partial charge in [-0.15, -0.1) is 56.7 Å². The van der Waals surface area contributed by atoms with E-state index in [1.807, 2.05) is 59.2 Å². The quantitative estimate of drug-likeness (QED) is 0.238. The van der Waals surface area contributed by atoms with Crippen LogP contribution in [0.15, 0.2) is 53.9 Å². The Balaban J connectivity index is 0.00000119. The number of rotatable bonds is 6. The molecular weight excluding hydrogens is 489 g/mol. The first kappa shape index (κ1) is 23.6. The van der Waals surface area contributed by atoms with Crippen molar-refractivity contribution in [2.75, 3.05) is 0 Å². The largest absolute Gasteiger partial charge is 0.326 e. The average Bonchev–Trinajstić information content (AvgIpc) is 3.62. The fourth-order valence-electron chi connectivity index (χ4n) is 3.39. The molecule has 5 rings (SSSR count). The highest BCUT2D eigenvalue weighted by molar-refractivity contribution is 7.29. The molecule has 32 heavy (non-hydrogen) atoms. The second-order valence-electron chi connectivity index (χ2n) is 6.89. The summed E-state index contributed by atoms with van der Waals surface area (Å²) in [6.45, 7) is 7.26. The molecule has 0 aliphatic rings. The molecule has 0 bridgehead atoms. The van der Waals surface area contributed by atoms with Gasteiger partial charge in [0, 0.05) is 57.0 Å². The topological polar surface area (TPSA) is 52.0 Å². The Labute approximate surface area is 209 Å². The molecule has 166 valence electrons. The monoisotopic (exact) mass is 514 g/mol. The SMILES string of the molecule is CC.Cc1ccc(-c2cc(CN)c(-c3ccc(-c4sc(-c5cccs5)cc4CN)s3)s2)s1. The van der Waals surface area contributed by atoms with Crippen LogP contribution < -0.4 is 11.5 Å². The van der Waals surface area contributed by atoms with Crippen molar-refractivity contribution in [1.29, 1.82) is 0 Å². The van der Waals surface area contributed by atoms with Crippen LogP contribution in [-0.4, -0.2) is 0 Å². The van der Waals surface area contributed by atoms with Crippen molar-refractivity contribution in [1.82, 2.24) is 0 Å². The zero-order valence-corrected chi connectivity index (χ0v) is 22.4. The van der Waals surface area contributed by atoms with Crippen molar-refractivity contribution in [3.05, 3.63) is 69.9 Å². The summed E-state index contributed by atoms with van der Waals surface area (Å²) >= 11 is 9.14. The van der Waals surface area contributed by atoms with Crippen LogP contribution in [0.25, 0.3) is 39.0 Å². The summed E-state index contributed by atoms with van der Waals surface area (Å²) in [6.07, 6.45) is 0. The van der Waals surface area contributed by atoms with E-state index in [4.69, 9.17) is 11.5 Å². The van der Waals surface area contributed by atoms with E-state index in [1.54, 1.807) is 11.3 Å². The van der Waals surface area contributed by atoms with Crippen LogP contribution in [0, 0.1) is 6.92 Å². The van der Waals surface area contributed by atoms with Gasteiger partial charge in [-0.25, -0.2) is 0 Å². The maximum atomic E-state index is 6.11. The van der Waals surface area contributed by atoms with E-state index in [0.29, 0.717) is 13.1 Å². The standard InChI is InChI=1S/C23H20N2S5.C2H6/c1-13-4-5-17(27-13)21-10-15(12-25)23(30-21)19-7-6-18(28-19)22-14(11-24)9-20(29-22)16-3-2-8-26-16;1-2/h2-10H,11-12,24-25H2,1H3;1-2H3. The van der Waals surface area contributed by atoms with Gasteiger partial charge >= 0.3 is 0 Å². The third kappa shape index (κ3) is 4.70. The highest BCUT2D eigenvalue weighted by atomic mass is 32.1. The van der Waals surface area contributed by atoms with Gasteiger partial charge in [0.25, 0.3) is 0 Å². The van der Waals surface area contributed by atoms with Crippen LogP contribution in [0.1, 0.15) is 29.9 Å². The lowest BCUT2D eigenvalue weighted by Crippen LogP contribution is -1.95. The van der Waals surface area contributed by atoms with E-state index in [2.05, 4.69) is 60.8 Å². The predicted molar refractivity (Wildman–Crippen MR) is 149 cm³/mol. The van der Waals surface area contributed by atoms with Crippen LogP contribution in [0.5, 0.6) is 0 Å². The lowest BCUT2D eigenvalue weighted by Gasteiger charge is -1.98. The second kappa shape index (κ2) is 10.6. The minimum atomic E-state index is 0.555. The lowest BCUT2D eigenvalue weighted by molar-refractivity contribution is 1.09. The number of aryl methyl sites for hydroxylation is 1. The van der Waals surface area contributed by atoms with Gasteiger partial charge < -0.3 is 11.5 Å². The highest BCUT2D eigenvalue weighted by Crippen LogP contribution is 2.47. The van der Waals surface area contributed by atoms with Gasteiger partial charge in [-0.3, -0.25) is 0 Å². The molecule has 4 N–H and O–H groups in total. The number of hydrogen-bond donors (Lipinski definition) is 2. The molecule has 5 aromatic rings. The Morgan fingerprint density at radius 3 is 1.66 bits per heavy atom. The van der Waals surface area contributed by atoms with Crippen molar-refractivity contribution in [3.63, 3.8) is 0 Å². The van der Waals surface area contributed by atoms with E-state index in [9.17, 15) is 0 Å². The predicted octanol–water partition coefficient (Wildman–Crippen LogP) is 8.91. The number of nitrogens with two attached hydrogens (primary N) is 2. The fraction of sp³-hybridized carbons (Fsp3) is 0.200. The molecular formula is C25H26N2S5. The molecule has 0 atom stereocenters. The zero-order chi connectivity index (χ0) is 22.7. The minimum absolute atomic E-state index is 0.555. The van der Waals surface area contributed by atoms with Crippen LogP contribution >= 0.6 is 56.7 Å². The minimum Gasteiger partial charge on any atom is -0.326 e. The van der Waals surface area contributed by atoms with Gasteiger partial charge in [-0.2, -0.15) is 0 Å². The summed E-state index contributed by atoms with van der Waals surface area (Å²) in [4.78, 5) is 11.7. The zero-order valence-electron chi connectivity index (χ0n) is 18.3. The first-order valence-electron chi connectivity index (χ1n) is 10.5. The van der Waals surface area contributed by atoms with Gasteiger partial charge in [0.15, 0.2) is 0 Å². The molecule has 5 aromatic heterocycles. The molecule has 0 saturated heterocycles. The molecule has 0 radical (unpaired) electrons. The first-order valence-corrected chi connectivity index (χ1v) is 14.7. The summed E-state index contributed by atoms with van der Waals surface area (Å²) in [6, 6.07) is 17.6. The average molecular weight is 515 g/mol. The smallest absolute Gasteiger partial charge is 0.0494 e. The van der Waals surface area contributed by atoms with E-state index in [-0.39, 0.29) is 0 Å². The molecule has 5 heterocycles. The number of hydrogen-bond acceptors (Lipinski definition) is 7. The van der Waals surface area contributed by atoms with Crippen LogP contribution in [0.2, 0.25) is 0 Å². The lowest BCUT2D eigenvalue weighted by atomic mass is 10.2. The van der Waals surface area contributed by atoms with Crippen LogP contribution in [-0.2, 0) is 13.1 Å². The molecule has 2 nitrogen and oxygen atoms in total. The van der Waals surface area contributed by atoms with E-state index in [1.165, 1.54) is 55.0 Å². The van der Waals surface area contributed by atoms with E-state index < -0.39 is 0 Å². The third-order valence-electron chi connectivity index (χ3n) is 4.86. The molecule has 0 unspecified atom stereocenters. The summed E-state index contributed by atoms with van der Waals surface area (Å²) < 4.78 is 0. The Kier molecular flexibility index (Phi) is 7.78. The Bertz CT molecular complexity index is 1280. The van der Waals surface area contributed by atoms with E-state index in [0.717, 1.165) is 0 Å². The Morgan fingerprint density at radius 2 is 1.19 bits per heavy atom. The van der Waals surface area contributed by atoms with Gasteiger partial charge in [-0.05, 0) is 65.9 Å². The van der Waals surface area contributed by atoms with Crippen LogP contribution in [0.4, 0.5) is 0 Å². The van der Waals surface area contributed by atoms with Gasteiger partial charge in [0.05, 0.1) is 0 Å². The van der Waals surface area contributed by atoms with E-state index >= 15 is 0 Å². The highest BCUT2D eigenvalue weighted by Gasteiger charge is 2.18. The maximum Gasteiger partial charge on any atom is 0.0494 e. The molecule has 0 saturated carbocycles. The van der Waals surface area contributed by atoms with Crippen molar-refractivity contribution >= 4 is 56.7 Å². The fourth-order valence-corrected chi connectivity index (χ4v) is 8.84. The van der Waals surface area contributed by atoms with Crippen molar-refractivity contribution in [2.45, 2.75) is 33.9 Å². The van der Waals surface area contributed by atoms with Crippen molar-refractivity contribution in [2.24, 2.45) is 11.5 Å². The first-order chi connectivity index (χ1) is 15.7. The van der Waals surface area contributed by atoms with Crippen LogP contribution in [0.3, 0.4) is 0 Å². The molecule has 0 aliphatic heterocycles. The summed E-state index contributed by atoms with van der Waals surface area (Å²) in [7, 11) is 0. The Hall–Kier alpha value is -1.58. The maximum absolute atomic E-state index is 6.11. The Morgan fingerprint density at radius 1 is 0.625 bits per heavy atom. The van der Waals surface area contributed by atoms with Crippen molar-refractivity contribution < 1.29 is 0 Å². The summed E-state index contributed by atoms with van der Waals surface area (Å²) in [5.41, 5.74) is 14.6. The molecule has 0 fully saturated rings. The molecule has 7 heteroatoms. The normalized spacial score (nSPS) is 10.9.